The van der Waals surface area contributed by atoms with Crippen molar-refractivity contribution in [3.05, 3.63) is 45.4 Å². The predicted molar refractivity (Wildman–Crippen MR) is 117 cm³/mol. The number of benzene rings is 1. The summed E-state index contributed by atoms with van der Waals surface area (Å²) in [4.78, 5) is 12.3. The summed E-state index contributed by atoms with van der Waals surface area (Å²) in [6, 6.07) is 8.00. The number of nitrogens with one attached hydrogen (secondary N) is 2. The first-order valence-corrected chi connectivity index (χ1v) is 11.4. The van der Waals surface area contributed by atoms with Gasteiger partial charge in [0.2, 0.25) is 16.2 Å². The van der Waals surface area contributed by atoms with Crippen molar-refractivity contribution in [1.29, 1.82) is 0 Å². The van der Waals surface area contributed by atoms with Crippen LogP contribution in [0.25, 0.3) is 0 Å². The van der Waals surface area contributed by atoms with Crippen LogP contribution >= 0.6 is 22.7 Å². The van der Waals surface area contributed by atoms with Crippen molar-refractivity contribution in [2.75, 3.05) is 17.7 Å². The van der Waals surface area contributed by atoms with E-state index in [0.29, 0.717) is 23.4 Å². The van der Waals surface area contributed by atoms with E-state index in [0.717, 1.165) is 46.4 Å². The first kappa shape index (κ1) is 19.9. The zero-order valence-electron chi connectivity index (χ0n) is 16.5. The third kappa shape index (κ3) is 4.97. The van der Waals surface area contributed by atoms with Crippen LogP contribution in [-0.4, -0.2) is 33.3 Å². The number of hydrogen-bond donors (Lipinski definition) is 2. The predicted octanol–water partition coefficient (Wildman–Crippen LogP) is 4.36. The molecular formula is C20H24N6OS2. The van der Waals surface area contributed by atoms with Gasteiger partial charge in [0.05, 0.1) is 6.42 Å². The van der Waals surface area contributed by atoms with Gasteiger partial charge in [0.1, 0.15) is 10.0 Å². The largest absolute Gasteiger partial charge is 0.363 e. The fraction of sp³-hybridized carbons (Fsp3) is 0.450. The number of aryl methyl sites for hydroxylation is 1. The molecule has 1 fully saturated rings. The Bertz CT molecular complexity index is 968. The number of aromatic nitrogens is 4. The fourth-order valence-corrected chi connectivity index (χ4v) is 5.40. The number of rotatable bonds is 6. The van der Waals surface area contributed by atoms with Gasteiger partial charge in [-0.1, -0.05) is 58.9 Å². The zero-order chi connectivity index (χ0) is 20.2. The summed E-state index contributed by atoms with van der Waals surface area (Å²) < 4.78 is 0. The summed E-state index contributed by atoms with van der Waals surface area (Å²) in [6.45, 7) is 2.03. The van der Waals surface area contributed by atoms with Crippen LogP contribution in [0.1, 0.15) is 58.7 Å². The molecule has 0 bridgehead atoms. The lowest BCUT2D eigenvalue weighted by atomic mass is 9.82. The molecule has 1 aliphatic rings. The van der Waals surface area contributed by atoms with Crippen LogP contribution in [0.4, 0.5) is 10.3 Å². The number of anilines is 2. The Morgan fingerprint density at radius 1 is 1.00 bits per heavy atom. The molecule has 9 heteroatoms. The monoisotopic (exact) mass is 428 g/mol. The molecule has 1 aromatic carbocycles. The minimum Gasteiger partial charge on any atom is -0.363 e. The van der Waals surface area contributed by atoms with Gasteiger partial charge in [-0.05, 0) is 31.7 Å². The van der Waals surface area contributed by atoms with E-state index >= 15 is 0 Å². The van der Waals surface area contributed by atoms with Crippen LogP contribution in [0.5, 0.6) is 0 Å². The van der Waals surface area contributed by atoms with Gasteiger partial charge in [0, 0.05) is 18.9 Å². The lowest BCUT2D eigenvalue weighted by Gasteiger charge is -2.25. The van der Waals surface area contributed by atoms with Gasteiger partial charge < -0.3 is 10.6 Å². The molecule has 1 aliphatic carbocycles. The Morgan fingerprint density at radius 3 is 2.24 bits per heavy atom. The highest BCUT2D eigenvalue weighted by molar-refractivity contribution is 7.15. The Kier molecular flexibility index (Phi) is 6.15. The molecule has 0 radical (unpaired) electrons. The molecule has 1 unspecified atom stereocenters. The fourth-order valence-electron chi connectivity index (χ4n) is 3.64. The maximum Gasteiger partial charge on any atom is 0.230 e. The molecule has 1 amide bonds. The average molecular weight is 429 g/mol. The molecule has 7 nitrogen and oxygen atoms in total. The highest BCUT2D eigenvalue weighted by Gasteiger charge is 2.29. The minimum absolute atomic E-state index is 0.0634. The molecule has 3 aromatic rings. The van der Waals surface area contributed by atoms with Crippen LogP contribution in [-0.2, 0) is 11.2 Å². The lowest BCUT2D eigenvalue weighted by molar-refractivity contribution is -0.115. The molecule has 0 spiro atoms. The average Bonchev–Trinajstić information content (AvgIpc) is 3.39. The van der Waals surface area contributed by atoms with Crippen LogP contribution in [0.2, 0.25) is 0 Å². The smallest absolute Gasteiger partial charge is 0.230 e. The second kappa shape index (κ2) is 8.96. The number of carbonyl (C=O) groups is 1. The number of amides is 1. The van der Waals surface area contributed by atoms with E-state index in [1.54, 1.807) is 11.3 Å². The van der Waals surface area contributed by atoms with Gasteiger partial charge >= 0.3 is 0 Å². The molecule has 2 atom stereocenters. The molecular weight excluding hydrogens is 404 g/mol. The van der Waals surface area contributed by atoms with E-state index in [1.807, 2.05) is 38.2 Å². The second-order valence-electron chi connectivity index (χ2n) is 7.41. The van der Waals surface area contributed by atoms with Crippen LogP contribution in [0, 0.1) is 6.92 Å². The third-order valence-corrected chi connectivity index (χ3v) is 7.30. The molecule has 2 aromatic heterocycles. The third-order valence-electron chi connectivity index (χ3n) is 5.20. The van der Waals surface area contributed by atoms with E-state index in [4.69, 9.17) is 0 Å². The van der Waals surface area contributed by atoms with Crippen molar-refractivity contribution in [2.45, 2.75) is 50.9 Å². The van der Waals surface area contributed by atoms with Gasteiger partial charge in [0.25, 0.3) is 0 Å². The number of carbonyl (C=O) groups excluding carboxylic acids is 1. The van der Waals surface area contributed by atoms with Crippen LogP contribution in [0.15, 0.2) is 24.3 Å². The molecule has 29 heavy (non-hydrogen) atoms. The summed E-state index contributed by atoms with van der Waals surface area (Å²) in [5.41, 5.74) is 2.18. The normalized spacial score (nSPS) is 19.1. The van der Waals surface area contributed by atoms with Gasteiger partial charge in [-0.2, -0.15) is 0 Å². The topological polar surface area (TPSA) is 92.7 Å². The highest BCUT2D eigenvalue weighted by atomic mass is 32.1. The van der Waals surface area contributed by atoms with Crippen molar-refractivity contribution in [3.8, 4) is 0 Å². The summed E-state index contributed by atoms with van der Waals surface area (Å²) in [7, 11) is 1.86. The van der Waals surface area contributed by atoms with Gasteiger partial charge in [-0.15, -0.1) is 20.4 Å². The summed E-state index contributed by atoms with van der Waals surface area (Å²) in [5, 5.41) is 26.6. The molecule has 2 N–H and O–H groups in total. The van der Waals surface area contributed by atoms with Crippen molar-refractivity contribution >= 4 is 38.8 Å². The Hall–Kier alpha value is -2.39. The van der Waals surface area contributed by atoms with Gasteiger partial charge in [-0.25, -0.2) is 0 Å². The molecule has 0 aliphatic heterocycles. The first-order valence-electron chi connectivity index (χ1n) is 9.80. The summed E-state index contributed by atoms with van der Waals surface area (Å²) in [5.74, 6) is 0.708. The Balaban J connectivity index is 1.36. The maximum absolute atomic E-state index is 12.3. The summed E-state index contributed by atoms with van der Waals surface area (Å²) >= 11 is 3.12. The van der Waals surface area contributed by atoms with E-state index < -0.39 is 0 Å². The molecule has 152 valence electrons. The first-order chi connectivity index (χ1) is 14.1. The van der Waals surface area contributed by atoms with E-state index in [2.05, 4.69) is 31.0 Å². The second-order valence-corrected chi connectivity index (χ2v) is 9.43. The Morgan fingerprint density at radius 2 is 1.62 bits per heavy atom. The van der Waals surface area contributed by atoms with E-state index in [-0.39, 0.29) is 5.91 Å². The van der Waals surface area contributed by atoms with Gasteiger partial charge in [0.15, 0.2) is 0 Å². The number of nitrogens with zero attached hydrogens (tertiary/aromatic N) is 4. The quantitative estimate of drug-likeness (QED) is 0.606. The maximum atomic E-state index is 12.3. The van der Waals surface area contributed by atoms with Crippen LogP contribution < -0.4 is 10.6 Å². The van der Waals surface area contributed by atoms with E-state index in [9.17, 15) is 4.79 Å². The van der Waals surface area contributed by atoms with Crippen molar-refractivity contribution < 1.29 is 4.79 Å². The molecule has 4 rings (SSSR count). The Labute approximate surface area is 178 Å². The lowest BCUT2D eigenvalue weighted by Crippen LogP contribution is -2.14. The van der Waals surface area contributed by atoms with Crippen molar-refractivity contribution in [1.82, 2.24) is 20.4 Å². The standard InChI is InChI=1S/C20H24N6OS2/c1-12-6-8-13(9-7-12)10-16(27)22-20-26-24-18(29-20)15-5-3-4-14(11-15)17-23-25-19(21-2)28-17/h6-9,14-15H,3-5,10-11H2,1-2H3,(H,21,25)(H,22,26,27)/t14-,15?/m0/s1. The SMILES string of the molecule is CNc1nnc([C@H]2CCCC(c3nnc(NC(=O)Cc4ccc(C)cc4)s3)C2)s1. The highest BCUT2D eigenvalue weighted by Crippen LogP contribution is 2.43. The minimum atomic E-state index is -0.0634. The van der Waals surface area contributed by atoms with Crippen molar-refractivity contribution in [2.24, 2.45) is 0 Å². The van der Waals surface area contributed by atoms with Crippen molar-refractivity contribution in [3.63, 3.8) is 0 Å². The van der Waals surface area contributed by atoms with Gasteiger partial charge in [-0.3, -0.25) is 4.79 Å². The molecule has 0 saturated heterocycles. The van der Waals surface area contributed by atoms with E-state index in [1.165, 1.54) is 16.9 Å². The zero-order valence-corrected chi connectivity index (χ0v) is 18.1. The molecule has 2 heterocycles. The van der Waals surface area contributed by atoms with Crippen LogP contribution in [0.3, 0.4) is 0 Å². The number of hydrogen-bond acceptors (Lipinski definition) is 8. The molecule has 1 saturated carbocycles. The summed E-state index contributed by atoms with van der Waals surface area (Å²) in [6.07, 6.45) is 4.71.